The van der Waals surface area contributed by atoms with Gasteiger partial charge in [0.2, 0.25) is 0 Å². The van der Waals surface area contributed by atoms with Crippen LogP contribution in [0.3, 0.4) is 0 Å². The highest BCUT2D eigenvalue weighted by atomic mass is 16.5. The van der Waals surface area contributed by atoms with Gasteiger partial charge in [-0.1, -0.05) is 30.3 Å². The summed E-state index contributed by atoms with van der Waals surface area (Å²) in [7, 11) is 5.68. The first-order chi connectivity index (χ1) is 15.0. The van der Waals surface area contributed by atoms with Crippen LogP contribution < -0.4 is 20.7 Å². The number of urea groups is 1. The second-order valence-corrected chi connectivity index (χ2v) is 7.41. The smallest absolute Gasteiger partial charge is 0.325 e. The quantitative estimate of drug-likeness (QED) is 0.507. The van der Waals surface area contributed by atoms with E-state index < -0.39 is 6.03 Å². The van der Waals surface area contributed by atoms with Gasteiger partial charge in [0.05, 0.1) is 25.0 Å². The molecule has 0 aliphatic carbocycles. The molecule has 0 saturated heterocycles. The zero-order valence-corrected chi connectivity index (χ0v) is 18.2. The summed E-state index contributed by atoms with van der Waals surface area (Å²) in [6.45, 7) is 2.75. The summed E-state index contributed by atoms with van der Waals surface area (Å²) in [4.78, 5) is 22.5. The molecular weight excluding hydrogens is 392 g/mol. The van der Waals surface area contributed by atoms with E-state index in [-0.39, 0.29) is 6.04 Å². The van der Waals surface area contributed by atoms with Crippen LogP contribution in [0, 0.1) is 6.92 Å². The molecule has 162 valence electrons. The number of nitrogens with one attached hydrogen (secondary N) is 3. The molecule has 0 fully saturated rings. The summed E-state index contributed by atoms with van der Waals surface area (Å²) in [5, 5.41) is 9.10. The number of aromatic nitrogens is 2. The van der Waals surface area contributed by atoms with Crippen molar-refractivity contribution >= 4 is 23.2 Å². The monoisotopic (exact) mass is 420 g/mol. The Morgan fingerprint density at radius 2 is 1.90 bits per heavy atom. The number of ether oxygens (including phenoxy) is 1. The van der Waals surface area contributed by atoms with Crippen molar-refractivity contribution in [2.75, 3.05) is 43.7 Å². The molecule has 0 saturated carbocycles. The van der Waals surface area contributed by atoms with Gasteiger partial charge >= 0.3 is 6.03 Å². The van der Waals surface area contributed by atoms with Gasteiger partial charge in [-0.15, -0.1) is 0 Å². The number of methoxy groups -OCH3 is 1. The second kappa shape index (κ2) is 10.4. The minimum atomic E-state index is -0.419. The lowest BCUT2D eigenvalue weighted by atomic mass is 10.1. The largest absolute Gasteiger partial charge is 0.494 e. The van der Waals surface area contributed by atoms with Crippen molar-refractivity contribution in [3.8, 4) is 5.75 Å². The predicted octanol–water partition coefficient (Wildman–Crippen LogP) is 4.15. The van der Waals surface area contributed by atoms with Crippen molar-refractivity contribution in [2.45, 2.75) is 13.0 Å². The molecule has 0 aliphatic heterocycles. The number of amides is 2. The lowest BCUT2D eigenvalue weighted by Gasteiger charge is -2.25. The van der Waals surface area contributed by atoms with Crippen LogP contribution in [0.15, 0.2) is 61.1 Å². The summed E-state index contributed by atoms with van der Waals surface area (Å²) >= 11 is 0. The molecule has 0 aliphatic rings. The standard InChI is InChI=1S/C23H28N6O2/c1-16-12-18(26-19(15-29(2)3)17-8-6-5-7-9-17)13-20(31-4)22(16)28-23(30)27-21-14-24-10-11-25-21/h5-14,19,26H,15H2,1-4H3,(H2,25,27,28,30). The van der Waals surface area contributed by atoms with Gasteiger partial charge in [-0.2, -0.15) is 0 Å². The van der Waals surface area contributed by atoms with E-state index in [9.17, 15) is 4.79 Å². The Bertz CT molecular complexity index is 996. The average Bonchev–Trinajstić information content (AvgIpc) is 2.76. The first kappa shape index (κ1) is 22.0. The molecule has 1 aromatic heterocycles. The van der Waals surface area contributed by atoms with Crippen LogP contribution in [0.4, 0.5) is 22.0 Å². The molecule has 3 aromatic rings. The zero-order valence-electron chi connectivity index (χ0n) is 18.2. The van der Waals surface area contributed by atoms with Gasteiger partial charge in [0.15, 0.2) is 5.82 Å². The first-order valence-corrected chi connectivity index (χ1v) is 9.95. The number of hydrogen-bond donors (Lipinski definition) is 3. The molecule has 1 heterocycles. The van der Waals surface area contributed by atoms with E-state index in [1.165, 1.54) is 18.0 Å². The van der Waals surface area contributed by atoms with Crippen molar-refractivity contribution in [1.82, 2.24) is 14.9 Å². The van der Waals surface area contributed by atoms with Crippen LogP contribution >= 0.6 is 0 Å². The molecule has 2 aromatic carbocycles. The maximum absolute atomic E-state index is 12.4. The summed E-state index contributed by atoms with van der Waals surface area (Å²) in [5.41, 5.74) is 3.56. The summed E-state index contributed by atoms with van der Waals surface area (Å²) < 4.78 is 5.57. The SMILES string of the molecule is COc1cc(NC(CN(C)C)c2ccccc2)cc(C)c1NC(=O)Nc1cnccn1. The number of carbonyl (C=O) groups excluding carboxylic acids is 1. The van der Waals surface area contributed by atoms with Crippen molar-refractivity contribution in [3.05, 3.63) is 72.2 Å². The molecule has 2 amide bonds. The Morgan fingerprint density at radius 1 is 1.13 bits per heavy atom. The highest BCUT2D eigenvalue weighted by Gasteiger charge is 2.16. The Kier molecular flexibility index (Phi) is 7.40. The molecule has 1 atom stereocenters. The van der Waals surface area contributed by atoms with Gasteiger partial charge < -0.3 is 20.3 Å². The zero-order chi connectivity index (χ0) is 22.2. The number of aryl methyl sites for hydroxylation is 1. The van der Waals surface area contributed by atoms with E-state index in [2.05, 4.69) is 43.0 Å². The number of anilines is 3. The van der Waals surface area contributed by atoms with Crippen LogP contribution in [-0.2, 0) is 0 Å². The lowest BCUT2D eigenvalue weighted by Crippen LogP contribution is -2.25. The normalized spacial score (nSPS) is 11.6. The van der Waals surface area contributed by atoms with Gasteiger partial charge in [0.1, 0.15) is 5.75 Å². The molecule has 1 unspecified atom stereocenters. The third-order valence-corrected chi connectivity index (χ3v) is 4.65. The number of likely N-dealkylation sites (N-methyl/N-ethyl adjacent to an activating group) is 1. The summed E-state index contributed by atoms with van der Waals surface area (Å²) in [6.07, 6.45) is 4.53. The molecule has 31 heavy (non-hydrogen) atoms. The van der Waals surface area contributed by atoms with Crippen molar-refractivity contribution in [1.29, 1.82) is 0 Å². The van der Waals surface area contributed by atoms with Gasteiger partial charge in [0.25, 0.3) is 0 Å². The molecule has 3 rings (SSSR count). The van der Waals surface area contributed by atoms with Crippen molar-refractivity contribution in [2.24, 2.45) is 0 Å². The molecular formula is C23H28N6O2. The number of benzene rings is 2. The molecule has 0 radical (unpaired) electrons. The highest BCUT2D eigenvalue weighted by Crippen LogP contribution is 2.33. The van der Waals surface area contributed by atoms with E-state index in [0.29, 0.717) is 17.3 Å². The number of carbonyl (C=O) groups is 1. The van der Waals surface area contributed by atoms with Crippen LogP contribution in [0.5, 0.6) is 5.75 Å². The number of rotatable bonds is 8. The Hall–Kier alpha value is -3.65. The fraction of sp³-hybridized carbons (Fsp3) is 0.261. The molecule has 3 N–H and O–H groups in total. The predicted molar refractivity (Wildman–Crippen MR) is 124 cm³/mol. The Balaban J connectivity index is 1.80. The first-order valence-electron chi connectivity index (χ1n) is 9.95. The van der Waals surface area contributed by atoms with Gasteiger partial charge in [-0.3, -0.25) is 10.3 Å². The Labute approximate surface area is 182 Å². The van der Waals surface area contributed by atoms with Crippen LogP contribution in [0.1, 0.15) is 17.2 Å². The third kappa shape index (κ3) is 6.16. The maximum Gasteiger partial charge on any atom is 0.325 e. The summed E-state index contributed by atoms with van der Waals surface area (Å²) in [6, 6.07) is 13.9. The molecule has 8 nitrogen and oxygen atoms in total. The topological polar surface area (TPSA) is 91.4 Å². The number of nitrogens with zero attached hydrogens (tertiary/aromatic N) is 3. The Morgan fingerprint density at radius 3 is 2.55 bits per heavy atom. The van der Waals surface area contributed by atoms with Gasteiger partial charge in [-0.05, 0) is 38.2 Å². The van der Waals surface area contributed by atoms with Crippen molar-refractivity contribution in [3.63, 3.8) is 0 Å². The van der Waals surface area contributed by atoms with E-state index in [1.807, 2.05) is 51.4 Å². The maximum atomic E-state index is 12.4. The van der Waals surface area contributed by atoms with Crippen LogP contribution in [0.2, 0.25) is 0 Å². The highest BCUT2D eigenvalue weighted by molar-refractivity contribution is 6.00. The minimum absolute atomic E-state index is 0.0964. The summed E-state index contributed by atoms with van der Waals surface area (Å²) in [5.74, 6) is 0.928. The minimum Gasteiger partial charge on any atom is -0.494 e. The van der Waals surface area contributed by atoms with Gasteiger partial charge in [0, 0.05) is 30.7 Å². The third-order valence-electron chi connectivity index (χ3n) is 4.65. The van der Waals surface area contributed by atoms with E-state index in [0.717, 1.165) is 17.8 Å². The molecule has 0 bridgehead atoms. The average molecular weight is 421 g/mol. The second-order valence-electron chi connectivity index (χ2n) is 7.41. The fourth-order valence-electron chi connectivity index (χ4n) is 3.27. The van der Waals surface area contributed by atoms with E-state index >= 15 is 0 Å². The van der Waals surface area contributed by atoms with E-state index in [4.69, 9.17) is 4.74 Å². The van der Waals surface area contributed by atoms with Crippen LogP contribution in [0.25, 0.3) is 0 Å². The molecule has 8 heteroatoms. The van der Waals surface area contributed by atoms with Crippen LogP contribution in [-0.4, -0.2) is 48.6 Å². The number of hydrogen-bond acceptors (Lipinski definition) is 6. The van der Waals surface area contributed by atoms with E-state index in [1.54, 1.807) is 13.3 Å². The molecule has 0 spiro atoms. The lowest BCUT2D eigenvalue weighted by molar-refractivity contribution is 0.262. The van der Waals surface area contributed by atoms with Gasteiger partial charge in [-0.25, -0.2) is 9.78 Å². The fourth-order valence-corrected chi connectivity index (χ4v) is 3.27. The van der Waals surface area contributed by atoms with Crippen molar-refractivity contribution < 1.29 is 9.53 Å².